The van der Waals surface area contributed by atoms with Crippen LogP contribution in [0.15, 0.2) is 53.9 Å². The van der Waals surface area contributed by atoms with Gasteiger partial charge < -0.3 is 5.21 Å². The topological polar surface area (TPSA) is 67.5 Å². The van der Waals surface area contributed by atoms with Crippen LogP contribution in [0.4, 0.5) is 0 Å². The molecule has 1 amide bonds. The molecular weight excluding hydrogens is 206 g/mol. The van der Waals surface area contributed by atoms with Crippen molar-refractivity contribution < 1.29 is 10.0 Å². The van der Waals surface area contributed by atoms with Crippen LogP contribution >= 0.6 is 0 Å². The van der Waals surface area contributed by atoms with Crippen LogP contribution in [-0.4, -0.2) is 20.8 Å². The van der Waals surface area contributed by atoms with Crippen LogP contribution in [0, 0.1) is 0 Å². The molecule has 1 N–H and O–H groups in total. The lowest BCUT2D eigenvalue weighted by Gasteiger charge is -1.94. The number of carbonyl (C=O) groups is 1. The van der Waals surface area contributed by atoms with Crippen LogP contribution in [0.1, 0.15) is 10.4 Å². The molecule has 0 aliphatic carbocycles. The lowest BCUT2D eigenvalue weighted by Crippen LogP contribution is -2.12. The fraction of sp³-hybridized carbons (Fsp3) is 0. The summed E-state index contributed by atoms with van der Waals surface area (Å²) < 4.78 is 0.784. The Labute approximate surface area is 91.3 Å². The number of carbonyl (C=O) groups excluding carboxylic acids is 1. The van der Waals surface area contributed by atoms with Crippen LogP contribution in [-0.2, 0) is 0 Å². The highest BCUT2D eigenvalue weighted by molar-refractivity contribution is 5.94. The monoisotopic (exact) mass is 215 g/mol. The molecule has 0 saturated heterocycles. The van der Waals surface area contributed by atoms with E-state index in [2.05, 4.69) is 9.98 Å². The zero-order valence-corrected chi connectivity index (χ0v) is 8.32. The molecule has 0 saturated carbocycles. The van der Waals surface area contributed by atoms with Gasteiger partial charge in [-0.05, 0) is 12.1 Å². The molecule has 0 bridgehead atoms. The third kappa shape index (κ3) is 2.33. The second-order valence-corrected chi connectivity index (χ2v) is 3.08. The van der Waals surface area contributed by atoms with E-state index in [1.807, 2.05) is 6.07 Å². The van der Waals surface area contributed by atoms with E-state index in [-0.39, 0.29) is 11.4 Å². The average molecular weight is 215 g/mol. The molecule has 5 heteroatoms. The van der Waals surface area contributed by atoms with Crippen molar-refractivity contribution in [2.75, 3.05) is 0 Å². The highest BCUT2D eigenvalue weighted by Crippen LogP contribution is 1.99. The van der Waals surface area contributed by atoms with Gasteiger partial charge in [0.15, 0.2) is 5.49 Å². The van der Waals surface area contributed by atoms with Crippen LogP contribution in [0.5, 0.6) is 0 Å². The van der Waals surface area contributed by atoms with E-state index in [1.54, 1.807) is 24.3 Å². The molecule has 0 radical (unpaired) electrons. The van der Waals surface area contributed by atoms with Gasteiger partial charge in [-0.25, -0.2) is 4.98 Å². The molecule has 5 nitrogen and oxygen atoms in total. The summed E-state index contributed by atoms with van der Waals surface area (Å²) in [7, 11) is 0. The van der Waals surface area contributed by atoms with Crippen LogP contribution in [0.3, 0.4) is 0 Å². The maximum Gasteiger partial charge on any atom is 0.279 e. The van der Waals surface area contributed by atoms with E-state index in [1.165, 1.54) is 12.3 Å². The highest BCUT2D eigenvalue weighted by atomic mass is 16.5. The normalized spacial score (nSPS) is 11.4. The van der Waals surface area contributed by atoms with E-state index in [4.69, 9.17) is 5.21 Å². The standard InChI is InChI=1S/C11H9N3O2/c15-11(9-4-2-1-3-5-9)13-10-6-7-14(16)8-12-10/h1-8,16H. The van der Waals surface area contributed by atoms with Gasteiger partial charge in [0.25, 0.3) is 5.91 Å². The molecule has 16 heavy (non-hydrogen) atoms. The Kier molecular flexibility index (Phi) is 2.77. The lowest BCUT2D eigenvalue weighted by atomic mass is 10.2. The predicted octanol–water partition coefficient (Wildman–Crippen LogP) is 0.862. The van der Waals surface area contributed by atoms with Gasteiger partial charge in [0.2, 0.25) is 0 Å². The molecule has 0 atom stereocenters. The molecule has 2 aromatic rings. The molecule has 1 aromatic carbocycles. The SMILES string of the molecule is O=C(N=c1ccn(O)cn1)c1ccccc1. The van der Waals surface area contributed by atoms with Crippen LogP contribution < -0.4 is 5.49 Å². The summed E-state index contributed by atoms with van der Waals surface area (Å²) in [5.41, 5.74) is 0.768. The molecule has 2 rings (SSSR count). The molecule has 1 aromatic heterocycles. The first kappa shape index (κ1) is 10.1. The van der Waals surface area contributed by atoms with E-state index in [9.17, 15) is 4.79 Å². The van der Waals surface area contributed by atoms with Crippen LogP contribution in [0.25, 0.3) is 0 Å². The third-order valence-electron chi connectivity index (χ3n) is 1.92. The molecule has 0 aliphatic rings. The summed E-state index contributed by atoms with van der Waals surface area (Å²) >= 11 is 0. The number of rotatable bonds is 1. The van der Waals surface area contributed by atoms with Crippen molar-refractivity contribution in [1.29, 1.82) is 0 Å². The van der Waals surface area contributed by atoms with Gasteiger partial charge in [-0.15, -0.1) is 0 Å². The fourth-order valence-electron chi connectivity index (χ4n) is 1.16. The highest BCUT2D eigenvalue weighted by Gasteiger charge is 2.01. The van der Waals surface area contributed by atoms with Gasteiger partial charge in [-0.2, -0.15) is 9.72 Å². The average Bonchev–Trinajstić information content (AvgIpc) is 2.33. The smallest absolute Gasteiger partial charge is 0.279 e. The zero-order chi connectivity index (χ0) is 11.4. The van der Waals surface area contributed by atoms with Crippen molar-refractivity contribution in [2.45, 2.75) is 0 Å². The summed E-state index contributed by atoms with van der Waals surface area (Å²) in [4.78, 5) is 19.2. The van der Waals surface area contributed by atoms with Gasteiger partial charge in [-0.3, -0.25) is 4.79 Å². The molecule has 1 heterocycles. The third-order valence-corrected chi connectivity index (χ3v) is 1.92. The summed E-state index contributed by atoms with van der Waals surface area (Å²) in [5, 5.41) is 8.94. The summed E-state index contributed by atoms with van der Waals surface area (Å²) in [6, 6.07) is 10.2. The maximum absolute atomic E-state index is 11.6. The van der Waals surface area contributed by atoms with Crippen molar-refractivity contribution in [3.05, 3.63) is 60.0 Å². The maximum atomic E-state index is 11.6. The summed E-state index contributed by atoms with van der Waals surface area (Å²) in [6.07, 6.45) is 2.52. The molecular formula is C11H9N3O2. The second kappa shape index (κ2) is 4.39. The Bertz CT molecular complexity index is 540. The number of aromatic nitrogens is 2. The number of hydrogen-bond acceptors (Lipinski definition) is 3. The van der Waals surface area contributed by atoms with Crippen molar-refractivity contribution in [3.8, 4) is 0 Å². The molecule has 80 valence electrons. The summed E-state index contributed by atoms with van der Waals surface area (Å²) in [6.45, 7) is 0. The van der Waals surface area contributed by atoms with E-state index >= 15 is 0 Å². The molecule has 0 fully saturated rings. The van der Waals surface area contributed by atoms with Crippen molar-refractivity contribution >= 4 is 5.91 Å². The first-order valence-electron chi connectivity index (χ1n) is 4.63. The number of hydrogen-bond donors (Lipinski definition) is 1. The number of benzene rings is 1. The Morgan fingerprint density at radius 2 is 2.00 bits per heavy atom. The fourth-order valence-corrected chi connectivity index (χ4v) is 1.16. The quantitative estimate of drug-likeness (QED) is 0.717. The van der Waals surface area contributed by atoms with E-state index in [0.29, 0.717) is 5.56 Å². The minimum absolute atomic E-state index is 0.263. The number of amides is 1. The minimum atomic E-state index is -0.358. The van der Waals surface area contributed by atoms with E-state index in [0.717, 1.165) is 11.1 Å². The first-order valence-corrected chi connectivity index (χ1v) is 4.63. The lowest BCUT2D eigenvalue weighted by molar-refractivity contribution is 0.0997. The minimum Gasteiger partial charge on any atom is -0.428 e. The van der Waals surface area contributed by atoms with Crippen molar-refractivity contribution in [1.82, 2.24) is 9.71 Å². The number of nitrogens with zero attached hydrogens (tertiary/aromatic N) is 3. The van der Waals surface area contributed by atoms with Crippen LogP contribution in [0.2, 0.25) is 0 Å². The Morgan fingerprint density at radius 1 is 1.25 bits per heavy atom. The van der Waals surface area contributed by atoms with Gasteiger partial charge >= 0.3 is 0 Å². The second-order valence-electron chi connectivity index (χ2n) is 3.08. The summed E-state index contributed by atoms with van der Waals surface area (Å²) in [5.74, 6) is -0.358. The Balaban J connectivity index is 2.31. The van der Waals surface area contributed by atoms with Gasteiger partial charge in [0, 0.05) is 17.8 Å². The Hall–Kier alpha value is -2.43. The molecule has 0 unspecified atom stereocenters. The molecule has 0 spiro atoms. The van der Waals surface area contributed by atoms with Crippen molar-refractivity contribution in [3.63, 3.8) is 0 Å². The Morgan fingerprint density at radius 3 is 2.62 bits per heavy atom. The van der Waals surface area contributed by atoms with Gasteiger partial charge in [0.1, 0.15) is 6.33 Å². The predicted molar refractivity (Wildman–Crippen MR) is 55.7 cm³/mol. The van der Waals surface area contributed by atoms with E-state index < -0.39 is 0 Å². The van der Waals surface area contributed by atoms with Gasteiger partial charge in [0.05, 0.1) is 0 Å². The molecule has 0 aliphatic heterocycles. The zero-order valence-electron chi connectivity index (χ0n) is 8.32. The first-order chi connectivity index (χ1) is 7.75. The van der Waals surface area contributed by atoms with Gasteiger partial charge in [-0.1, -0.05) is 18.2 Å². The largest absolute Gasteiger partial charge is 0.428 e. The van der Waals surface area contributed by atoms with Crippen molar-refractivity contribution in [2.24, 2.45) is 4.99 Å².